The van der Waals surface area contributed by atoms with E-state index in [1.165, 1.54) is 0 Å². The van der Waals surface area contributed by atoms with E-state index < -0.39 is 41.1 Å². The van der Waals surface area contributed by atoms with E-state index >= 15 is 0 Å². The van der Waals surface area contributed by atoms with Gasteiger partial charge < -0.3 is 13.9 Å². The summed E-state index contributed by atoms with van der Waals surface area (Å²) >= 11 is 0. The van der Waals surface area contributed by atoms with Gasteiger partial charge in [0.25, 0.3) is 5.91 Å². The molecule has 10 heteroatoms. The van der Waals surface area contributed by atoms with Gasteiger partial charge in [-0.3, -0.25) is 20.2 Å². The lowest BCUT2D eigenvalue weighted by atomic mass is 10.4. The minimum absolute atomic E-state index is 0.0783. The molecule has 0 fully saturated rings. The van der Waals surface area contributed by atoms with Gasteiger partial charge in [0.15, 0.2) is 6.61 Å². The van der Waals surface area contributed by atoms with Crippen LogP contribution in [0.4, 0.5) is 10.7 Å². The number of amides is 2. The van der Waals surface area contributed by atoms with E-state index in [1.54, 1.807) is 12.2 Å². The van der Waals surface area contributed by atoms with Crippen molar-refractivity contribution in [2.24, 2.45) is 0 Å². The summed E-state index contributed by atoms with van der Waals surface area (Å²) in [5, 5.41) is 12.1. The summed E-state index contributed by atoms with van der Waals surface area (Å²) in [7, 11) is 0. The van der Waals surface area contributed by atoms with Gasteiger partial charge >= 0.3 is 17.9 Å². The second-order valence-corrected chi connectivity index (χ2v) is 3.24. The van der Waals surface area contributed by atoms with Crippen LogP contribution in [-0.4, -0.2) is 36.1 Å². The molecule has 0 spiro atoms. The number of hydrogen-bond acceptors (Lipinski definition) is 8. The number of rotatable bonds is 5. The zero-order chi connectivity index (χ0) is 15.1. The predicted molar refractivity (Wildman–Crippen MR) is 60.8 cm³/mol. The summed E-state index contributed by atoms with van der Waals surface area (Å²) < 4.78 is 13.5. The van der Waals surface area contributed by atoms with Crippen LogP contribution in [0, 0.1) is 10.1 Å². The van der Waals surface area contributed by atoms with E-state index in [0.717, 1.165) is 12.1 Å². The molecule has 10 nitrogen and oxygen atoms in total. The minimum atomic E-state index is -1.07. The SMILES string of the molecule is CCOC(=O)NC(=O)COC(=O)c1ccc([N+](=O)[O-])o1. The molecule has 1 N–H and O–H groups in total. The molecule has 0 radical (unpaired) electrons. The number of carbonyl (C=O) groups is 3. The Hall–Kier alpha value is -2.91. The fourth-order valence-corrected chi connectivity index (χ4v) is 1.05. The number of furan rings is 1. The van der Waals surface area contributed by atoms with Gasteiger partial charge in [-0.2, -0.15) is 0 Å². The lowest BCUT2D eigenvalue weighted by Crippen LogP contribution is -2.34. The molecule has 0 aliphatic heterocycles. The number of carbonyl (C=O) groups excluding carboxylic acids is 3. The van der Waals surface area contributed by atoms with E-state index in [4.69, 9.17) is 0 Å². The topological polar surface area (TPSA) is 138 Å². The predicted octanol–water partition coefficient (Wildman–Crippen LogP) is 0.617. The van der Waals surface area contributed by atoms with Crippen molar-refractivity contribution in [3.8, 4) is 0 Å². The first kappa shape index (κ1) is 15.1. The summed E-state index contributed by atoms with van der Waals surface area (Å²) in [5.74, 6) is -3.04. The van der Waals surface area contributed by atoms with Crippen LogP contribution in [0.1, 0.15) is 17.5 Å². The molecule has 1 aromatic rings. The Balaban J connectivity index is 2.44. The molecule has 0 aliphatic carbocycles. The van der Waals surface area contributed by atoms with Crippen molar-refractivity contribution in [2.75, 3.05) is 13.2 Å². The average molecular weight is 286 g/mol. The lowest BCUT2D eigenvalue weighted by Gasteiger charge is -2.04. The van der Waals surface area contributed by atoms with Crippen molar-refractivity contribution in [1.29, 1.82) is 0 Å². The van der Waals surface area contributed by atoms with E-state index in [-0.39, 0.29) is 6.61 Å². The van der Waals surface area contributed by atoms with Crippen molar-refractivity contribution in [3.05, 3.63) is 28.0 Å². The summed E-state index contributed by atoms with van der Waals surface area (Å²) in [4.78, 5) is 42.9. The molecule has 0 bridgehead atoms. The quantitative estimate of drug-likeness (QED) is 0.472. The smallest absolute Gasteiger partial charge is 0.433 e. The molecule has 1 aromatic heterocycles. The zero-order valence-corrected chi connectivity index (χ0v) is 10.3. The zero-order valence-electron chi connectivity index (χ0n) is 10.3. The van der Waals surface area contributed by atoms with Gasteiger partial charge in [0.1, 0.15) is 4.92 Å². The fraction of sp³-hybridized carbons (Fsp3) is 0.300. The minimum Gasteiger partial charge on any atom is -0.450 e. The highest BCUT2D eigenvalue weighted by atomic mass is 16.7. The van der Waals surface area contributed by atoms with Crippen LogP contribution in [0.25, 0.3) is 0 Å². The molecule has 2 amide bonds. The molecule has 20 heavy (non-hydrogen) atoms. The fourth-order valence-electron chi connectivity index (χ4n) is 1.05. The van der Waals surface area contributed by atoms with Gasteiger partial charge in [-0.05, 0) is 13.0 Å². The molecule has 0 saturated heterocycles. The highest BCUT2D eigenvalue weighted by Gasteiger charge is 2.19. The summed E-state index contributed by atoms with van der Waals surface area (Å²) in [6.45, 7) is 0.870. The number of ether oxygens (including phenoxy) is 2. The van der Waals surface area contributed by atoms with Crippen molar-refractivity contribution in [1.82, 2.24) is 5.32 Å². The third-order valence-electron chi connectivity index (χ3n) is 1.82. The van der Waals surface area contributed by atoms with E-state index in [0.29, 0.717) is 0 Å². The molecular weight excluding hydrogens is 276 g/mol. The molecular formula is C10H10N2O8. The van der Waals surface area contributed by atoms with E-state index in [2.05, 4.69) is 13.9 Å². The Morgan fingerprint density at radius 1 is 1.35 bits per heavy atom. The number of nitrogens with zero attached hydrogens (tertiary/aromatic N) is 1. The Bertz CT molecular complexity index is 535. The largest absolute Gasteiger partial charge is 0.450 e. The monoisotopic (exact) mass is 286 g/mol. The van der Waals surface area contributed by atoms with Gasteiger partial charge in [-0.1, -0.05) is 0 Å². The van der Waals surface area contributed by atoms with Gasteiger partial charge in [0, 0.05) is 0 Å². The molecule has 0 atom stereocenters. The van der Waals surface area contributed by atoms with Gasteiger partial charge in [0.05, 0.1) is 12.7 Å². The van der Waals surface area contributed by atoms with E-state index in [1.807, 2.05) is 0 Å². The summed E-state index contributed by atoms with van der Waals surface area (Å²) in [6.07, 6.45) is -0.970. The number of esters is 1. The summed E-state index contributed by atoms with van der Waals surface area (Å²) in [5.41, 5.74) is 0. The maximum Gasteiger partial charge on any atom is 0.433 e. The Labute approximate surface area is 111 Å². The second kappa shape index (κ2) is 6.87. The Morgan fingerprint density at radius 2 is 2.05 bits per heavy atom. The van der Waals surface area contributed by atoms with E-state index in [9.17, 15) is 24.5 Å². The molecule has 0 saturated carbocycles. The maximum atomic E-state index is 11.4. The second-order valence-electron chi connectivity index (χ2n) is 3.24. The lowest BCUT2D eigenvalue weighted by molar-refractivity contribution is -0.402. The van der Waals surface area contributed by atoms with Crippen LogP contribution in [0.5, 0.6) is 0 Å². The van der Waals surface area contributed by atoms with Gasteiger partial charge in [-0.15, -0.1) is 0 Å². The third-order valence-corrected chi connectivity index (χ3v) is 1.82. The van der Waals surface area contributed by atoms with Crippen molar-refractivity contribution in [3.63, 3.8) is 0 Å². The van der Waals surface area contributed by atoms with Crippen LogP contribution >= 0.6 is 0 Å². The van der Waals surface area contributed by atoms with Crippen LogP contribution in [0.2, 0.25) is 0 Å². The number of imide groups is 1. The maximum absolute atomic E-state index is 11.4. The van der Waals surface area contributed by atoms with Crippen LogP contribution < -0.4 is 5.32 Å². The van der Waals surface area contributed by atoms with Crippen LogP contribution in [0.3, 0.4) is 0 Å². The average Bonchev–Trinajstić information content (AvgIpc) is 2.86. The standard InChI is InChI=1S/C10H10N2O8/c1-2-18-10(15)11-7(13)5-19-9(14)6-3-4-8(20-6)12(16)17/h3-4H,2,5H2,1H3,(H,11,13,15). The number of nitrogens with one attached hydrogen (secondary N) is 1. The Morgan fingerprint density at radius 3 is 2.60 bits per heavy atom. The van der Waals surface area contributed by atoms with Gasteiger partial charge in [-0.25, -0.2) is 9.59 Å². The molecule has 0 aromatic carbocycles. The number of hydrogen-bond donors (Lipinski definition) is 1. The first-order valence-electron chi connectivity index (χ1n) is 5.32. The normalized spacial score (nSPS) is 9.65. The highest BCUT2D eigenvalue weighted by Crippen LogP contribution is 2.16. The third kappa shape index (κ3) is 4.40. The first-order chi connectivity index (χ1) is 9.43. The van der Waals surface area contributed by atoms with Crippen LogP contribution in [0.15, 0.2) is 16.5 Å². The number of alkyl carbamates (subject to hydrolysis) is 1. The Kier molecular flexibility index (Phi) is 5.21. The highest BCUT2D eigenvalue weighted by molar-refractivity contribution is 5.94. The van der Waals surface area contributed by atoms with Crippen LogP contribution in [-0.2, 0) is 14.3 Å². The van der Waals surface area contributed by atoms with Gasteiger partial charge in [0.2, 0.25) is 5.76 Å². The number of nitro groups is 1. The summed E-state index contributed by atoms with van der Waals surface area (Å²) in [6, 6.07) is 2.00. The molecule has 1 rings (SSSR count). The molecule has 0 unspecified atom stereocenters. The van der Waals surface area contributed by atoms with Crippen molar-refractivity contribution in [2.45, 2.75) is 6.92 Å². The van der Waals surface area contributed by atoms with Crippen molar-refractivity contribution >= 4 is 23.9 Å². The molecule has 0 aliphatic rings. The molecule has 108 valence electrons. The molecule has 1 heterocycles. The first-order valence-corrected chi connectivity index (χ1v) is 5.32. The van der Waals surface area contributed by atoms with Crippen molar-refractivity contribution < 1.29 is 33.2 Å².